The van der Waals surface area contributed by atoms with Gasteiger partial charge in [0.15, 0.2) is 0 Å². The lowest BCUT2D eigenvalue weighted by molar-refractivity contribution is -0.571. The normalized spacial score (nSPS) is 14.7. The number of pyridine rings is 1. The summed E-state index contributed by atoms with van der Waals surface area (Å²) in [4.78, 5) is 5.17. The molecule has 1 aliphatic rings. The van der Waals surface area contributed by atoms with Gasteiger partial charge in [0, 0.05) is 23.0 Å². The highest BCUT2D eigenvalue weighted by Gasteiger charge is 2.21. The number of hydrogen-bond acceptors (Lipinski definition) is 2. The summed E-state index contributed by atoms with van der Waals surface area (Å²) in [5.41, 5.74) is 9.15. The maximum absolute atomic E-state index is 9.03. The molecule has 8 aromatic carbocycles. The zero-order valence-electron chi connectivity index (χ0n) is 43.9. The number of ether oxygens (including phenoxy) is 1. The molecule has 0 fully saturated rings. The van der Waals surface area contributed by atoms with Gasteiger partial charge in [-0.2, -0.15) is 0 Å². The van der Waals surface area contributed by atoms with Gasteiger partial charge < -0.3 is 4.74 Å². The van der Waals surface area contributed by atoms with Gasteiger partial charge in [-0.25, -0.2) is 4.98 Å². The maximum Gasteiger partial charge on any atom is 0.269 e. The molecular formula is C58H42N4O. The minimum Gasteiger partial charge on any atom is -0.458 e. The second-order valence-electron chi connectivity index (χ2n) is 15.7. The van der Waals surface area contributed by atoms with Crippen LogP contribution in [0.4, 0.5) is 0 Å². The molecule has 4 bridgehead atoms. The van der Waals surface area contributed by atoms with Crippen LogP contribution in [0.15, 0.2) is 206 Å². The SMILES string of the molecule is [2H]c1c([2H])c([2H])c(-c2cccc(-c3c([2H])c([2H])c([2H])c([2H])c3[2H])c2-[n+]2[c-]n(-c3cccc(Oc4ccc5c6ccccc6n(-c6ncc7cc6CCc6cccc(c6)CC7)c5c4)c3)c3ccccc32)c([2H])c1[2H]. The number of aromatic nitrogens is 4. The largest absolute Gasteiger partial charge is 0.458 e. The van der Waals surface area contributed by atoms with Crippen LogP contribution in [0.2, 0.25) is 0 Å². The Balaban J connectivity index is 0.992. The smallest absolute Gasteiger partial charge is 0.269 e. The average Bonchev–Trinajstić information content (AvgIpc) is 3.95. The van der Waals surface area contributed by atoms with Crippen molar-refractivity contribution in [3.8, 4) is 50.9 Å². The van der Waals surface area contributed by atoms with Gasteiger partial charge in [-0.1, -0.05) is 157 Å². The van der Waals surface area contributed by atoms with Gasteiger partial charge in [0.1, 0.15) is 17.3 Å². The number of fused-ring (bicyclic) bond motifs is 8. The molecule has 0 spiro atoms. The predicted molar refractivity (Wildman–Crippen MR) is 254 cm³/mol. The van der Waals surface area contributed by atoms with Crippen molar-refractivity contribution in [2.45, 2.75) is 25.7 Å². The van der Waals surface area contributed by atoms with Crippen molar-refractivity contribution in [3.63, 3.8) is 0 Å². The molecule has 0 aliphatic heterocycles. The minimum atomic E-state index is -0.564. The van der Waals surface area contributed by atoms with Crippen molar-refractivity contribution in [3.05, 3.63) is 235 Å². The van der Waals surface area contributed by atoms with Gasteiger partial charge in [-0.05, 0) is 107 Å². The molecular weight excluding hydrogens is 769 g/mol. The van der Waals surface area contributed by atoms with Gasteiger partial charge in [-0.3, -0.25) is 13.7 Å². The molecule has 0 saturated heterocycles. The van der Waals surface area contributed by atoms with Crippen molar-refractivity contribution < 1.29 is 23.0 Å². The van der Waals surface area contributed by atoms with Crippen LogP contribution in [0.1, 0.15) is 36.0 Å². The maximum atomic E-state index is 9.03. The summed E-state index contributed by atoms with van der Waals surface area (Å²) in [6, 6.07) is 40.2. The molecule has 0 amide bonds. The van der Waals surface area contributed by atoms with Crippen LogP contribution < -0.4 is 9.30 Å². The number of nitrogens with zero attached hydrogens (tertiary/aromatic N) is 4. The first-order valence-corrected chi connectivity index (χ1v) is 21.0. The van der Waals surface area contributed by atoms with Crippen molar-refractivity contribution in [2.24, 2.45) is 0 Å². The lowest BCUT2D eigenvalue weighted by Gasteiger charge is -2.17. The number of aryl methyl sites for hydroxylation is 4. The highest BCUT2D eigenvalue weighted by molar-refractivity contribution is 6.09. The number of imidazole rings is 1. The average molecular weight is 821 g/mol. The summed E-state index contributed by atoms with van der Waals surface area (Å²) in [5, 5.41) is 2.16. The molecule has 3 aromatic heterocycles. The molecule has 0 radical (unpaired) electrons. The van der Waals surface area contributed by atoms with E-state index in [9.17, 15) is 0 Å². The van der Waals surface area contributed by atoms with E-state index < -0.39 is 60.4 Å². The number of hydrogen-bond donors (Lipinski definition) is 0. The van der Waals surface area contributed by atoms with Crippen LogP contribution in [0.3, 0.4) is 0 Å². The topological polar surface area (TPSA) is 35.9 Å². The van der Waals surface area contributed by atoms with E-state index in [-0.39, 0.29) is 27.9 Å². The molecule has 0 unspecified atom stereocenters. The first kappa shape index (κ1) is 27.8. The van der Waals surface area contributed by atoms with Gasteiger partial charge in [-0.15, -0.1) is 0 Å². The minimum absolute atomic E-state index is 0.126. The third-order valence-corrected chi connectivity index (χ3v) is 11.9. The van der Waals surface area contributed by atoms with E-state index in [0.717, 1.165) is 53.3 Å². The van der Waals surface area contributed by atoms with Crippen molar-refractivity contribution in [1.29, 1.82) is 0 Å². The van der Waals surface area contributed by atoms with E-state index in [1.807, 2.05) is 60.8 Å². The molecule has 0 saturated carbocycles. The van der Waals surface area contributed by atoms with E-state index in [1.165, 1.54) is 22.3 Å². The highest BCUT2D eigenvalue weighted by atomic mass is 16.5. The second-order valence-corrected chi connectivity index (χ2v) is 15.7. The molecule has 300 valence electrons. The van der Waals surface area contributed by atoms with Crippen molar-refractivity contribution in [1.82, 2.24) is 14.1 Å². The highest BCUT2D eigenvalue weighted by Crippen LogP contribution is 2.38. The summed E-state index contributed by atoms with van der Waals surface area (Å²) in [7, 11) is 0. The van der Waals surface area contributed by atoms with E-state index in [1.54, 1.807) is 27.3 Å². The summed E-state index contributed by atoms with van der Waals surface area (Å²) in [6.07, 6.45) is 9.05. The van der Waals surface area contributed by atoms with Crippen LogP contribution in [0.5, 0.6) is 11.5 Å². The van der Waals surface area contributed by atoms with Crippen LogP contribution >= 0.6 is 0 Å². The van der Waals surface area contributed by atoms with Crippen LogP contribution in [0.25, 0.3) is 72.3 Å². The van der Waals surface area contributed by atoms with Crippen molar-refractivity contribution >= 4 is 32.8 Å². The monoisotopic (exact) mass is 820 g/mol. The van der Waals surface area contributed by atoms with E-state index in [4.69, 9.17) is 23.4 Å². The van der Waals surface area contributed by atoms with Crippen LogP contribution in [-0.4, -0.2) is 14.1 Å². The van der Waals surface area contributed by atoms with Crippen LogP contribution in [-0.2, 0) is 25.7 Å². The zero-order valence-corrected chi connectivity index (χ0v) is 33.9. The van der Waals surface area contributed by atoms with Gasteiger partial charge in [0.25, 0.3) is 6.33 Å². The van der Waals surface area contributed by atoms with Crippen molar-refractivity contribution in [2.75, 3.05) is 0 Å². The third-order valence-electron chi connectivity index (χ3n) is 11.9. The molecule has 0 atom stereocenters. The molecule has 63 heavy (non-hydrogen) atoms. The fraction of sp³-hybridized carbons (Fsp3) is 0.0690. The predicted octanol–water partition coefficient (Wildman–Crippen LogP) is 13.2. The Bertz CT molecular complexity index is 3960. The molecule has 1 aliphatic carbocycles. The molecule has 5 heteroatoms. The Morgan fingerprint density at radius 2 is 1.19 bits per heavy atom. The Labute approximate surface area is 380 Å². The summed E-state index contributed by atoms with van der Waals surface area (Å²) >= 11 is 0. The summed E-state index contributed by atoms with van der Waals surface area (Å²) in [5.74, 6) is 2.01. The quantitative estimate of drug-likeness (QED) is 0.119. The second kappa shape index (κ2) is 15.5. The van der Waals surface area contributed by atoms with E-state index in [2.05, 4.69) is 77.6 Å². The Morgan fingerprint density at radius 1 is 0.540 bits per heavy atom. The third kappa shape index (κ3) is 6.66. The lowest BCUT2D eigenvalue weighted by atomic mass is 9.95. The zero-order chi connectivity index (χ0) is 50.4. The molecule has 11 aromatic rings. The molecule has 0 N–H and O–H groups in total. The van der Waals surface area contributed by atoms with Crippen LogP contribution in [0, 0.1) is 6.33 Å². The van der Waals surface area contributed by atoms with Gasteiger partial charge in [0.05, 0.1) is 47.1 Å². The standard InChI is InChI=1S/C58H42N4O/c1-3-16-43(17-4-1)49-23-13-24-50(44-18-5-2-6-19-44)57(49)61-39-60(54-26-9-10-27-55(54)61)46-20-12-21-47(36-46)63-48-32-33-52-51-22-7-8-25-53(51)62(56(52)37-48)58-45-31-30-41-15-11-14-40(34-41)28-29-42(35-45)38-59-58/h1-27,32-38H,28-31H2/i1D,2D,3D,4D,5D,6D,16D,17D,18D,19D. The first-order chi connectivity index (χ1) is 35.4. The lowest BCUT2D eigenvalue weighted by Crippen LogP contribution is -2.31. The fourth-order valence-corrected chi connectivity index (χ4v) is 9.02. The van der Waals surface area contributed by atoms with Gasteiger partial charge in [0.2, 0.25) is 0 Å². The van der Waals surface area contributed by atoms with E-state index in [0.29, 0.717) is 28.2 Å². The Morgan fingerprint density at radius 3 is 1.98 bits per heavy atom. The van der Waals surface area contributed by atoms with Gasteiger partial charge >= 0.3 is 0 Å². The fourth-order valence-electron chi connectivity index (χ4n) is 9.02. The number of para-hydroxylation sites is 4. The first-order valence-electron chi connectivity index (χ1n) is 26.0. The number of benzene rings is 8. The Hall–Kier alpha value is -8.02. The molecule has 12 rings (SSSR count). The van der Waals surface area contributed by atoms with E-state index >= 15 is 0 Å². The number of rotatable bonds is 7. The summed E-state index contributed by atoms with van der Waals surface area (Å²) < 4.78 is 99.6. The summed E-state index contributed by atoms with van der Waals surface area (Å²) in [6.45, 7) is 0. The Kier molecular flexibility index (Phi) is 6.81. The molecule has 5 nitrogen and oxygen atoms in total. The molecule has 3 heterocycles.